The molecule has 6 rings (SSSR count). The number of aromatic amines is 2. The van der Waals surface area contributed by atoms with E-state index in [-0.39, 0.29) is 5.57 Å². The van der Waals surface area contributed by atoms with Crippen LogP contribution < -0.4 is 10.6 Å². The van der Waals surface area contributed by atoms with Crippen LogP contribution in [0, 0.1) is 0 Å². The van der Waals surface area contributed by atoms with Crippen molar-refractivity contribution < 1.29 is 9.59 Å². The van der Waals surface area contributed by atoms with Gasteiger partial charge in [0.05, 0.1) is 22.1 Å². The predicted octanol–water partition coefficient (Wildman–Crippen LogP) is 6.69. The molecule has 196 valence electrons. The first-order valence-corrected chi connectivity index (χ1v) is 13.0. The number of fused-ring (bicyclic) bond motifs is 2. The highest BCUT2D eigenvalue weighted by atomic mass is 16.2. The molecule has 0 bridgehead atoms. The number of carbonyl (C=O) groups is 2. The topological polar surface area (TPSA) is 116 Å². The van der Waals surface area contributed by atoms with Gasteiger partial charge in [0.25, 0.3) is 11.8 Å². The van der Waals surface area contributed by atoms with Gasteiger partial charge in [-0.2, -0.15) is 0 Å². The van der Waals surface area contributed by atoms with Crippen molar-refractivity contribution in [3.63, 3.8) is 0 Å². The Bertz CT molecular complexity index is 1660. The highest BCUT2D eigenvalue weighted by molar-refractivity contribution is 6.26. The molecule has 2 heterocycles. The number of carbonyl (C=O) groups excluding carboxylic acids is 2. The van der Waals surface area contributed by atoms with Crippen molar-refractivity contribution in [2.45, 2.75) is 13.3 Å². The molecule has 0 radical (unpaired) electrons. The standard InChI is InChI=1S/C32H26N6O2/c1-2-7-24(31(39)33-22-16-12-20(13-17-22)29-35-25-8-3-4-9-26(25)36-29)32(40)34-23-18-14-21(15-19-23)30-37-27-10-5-6-11-28(27)38-30/h3-19H,2H2,1H3,(H,33,39)(H,34,40)(H,35,36)(H,37,38). The van der Waals surface area contributed by atoms with Crippen molar-refractivity contribution in [1.29, 1.82) is 0 Å². The molecule has 0 atom stereocenters. The summed E-state index contributed by atoms with van der Waals surface area (Å²) in [5, 5.41) is 5.66. The number of hydrogen-bond acceptors (Lipinski definition) is 4. The number of nitrogens with zero attached hydrogens (tertiary/aromatic N) is 2. The summed E-state index contributed by atoms with van der Waals surface area (Å²) < 4.78 is 0. The third-order valence-corrected chi connectivity index (χ3v) is 6.51. The van der Waals surface area contributed by atoms with Gasteiger partial charge < -0.3 is 20.6 Å². The Morgan fingerprint density at radius 1 is 0.650 bits per heavy atom. The fourth-order valence-electron chi connectivity index (χ4n) is 4.49. The van der Waals surface area contributed by atoms with Crippen molar-refractivity contribution in [3.05, 3.63) is 109 Å². The molecule has 0 spiro atoms. The predicted molar refractivity (Wildman–Crippen MR) is 159 cm³/mol. The summed E-state index contributed by atoms with van der Waals surface area (Å²) in [5.74, 6) is 0.539. The maximum absolute atomic E-state index is 13.1. The lowest BCUT2D eigenvalue weighted by atomic mass is 10.1. The Morgan fingerprint density at radius 2 is 1.07 bits per heavy atom. The van der Waals surface area contributed by atoms with Gasteiger partial charge in [0, 0.05) is 22.5 Å². The molecule has 0 unspecified atom stereocenters. The normalized spacial score (nSPS) is 10.9. The molecule has 8 heteroatoms. The SMILES string of the molecule is CCC=C(C(=O)Nc1ccc(-c2nc3ccccc3[nH]2)cc1)C(=O)Nc1ccc(-c2nc3ccccc3[nH]2)cc1. The molecular formula is C32H26N6O2. The zero-order valence-electron chi connectivity index (χ0n) is 21.7. The lowest BCUT2D eigenvalue weighted by molar-refractivity contribution is -0.118. The minimum atomic E-state index is -0.477. The number of allylic oxidation sites excluding steroid dienone is 1. The van der Waals surface area contributed by atoms with Gasteiger partial charge in [0.1, 0.15) is 17.2 Å². The molecule has 0 fully saturated rings. The molecule has 0 aliphatic heterocycles. The summed E-state index contributed by atoms with van der Waals surface area (Å²) >= 11 is 0. The van der Waals surface area contributed by atoms with E-state index in [0.717, 1.165) is 44.8 Å². The number of H-pyrrole nitrogens is 2. The zero-order chi connectivity index (χ0) is 27.5. The van der Waals surface area contributed by atoms with Gasteiger partial charge in [-0.3, -0.25) is 9.59 Å². The van der Waals surface area contributed by atoms with Crippen molar-refractivity contribution in [1.82, 2.24) is 19.9 Å². The summed E-state index contributed by atoms with van der Waals surface area (Å²) in [4.78, 5) is 41.9. The highest BCUT2D eigenvalue weighted by Crippen LogP contribution is 2.24. The number of amides is 2. The Labute approximate surface area is 230 Å². The molecule has 2 aromatic heterocycles. The number of hydrogen-bond donors (Lipinski definition) is 4. The first kappa shape index (κ1) is 24.8. The van der Waals surface area contributed by atoms with Crippen LogP contribution in [0.25, 0.3) is 44.8 Å². The Hall–Kier alpha value is -5.50. The van der Waals surface area contributed by atoms with Crippen molar-refractivity contribution >= 4 is 45.3 Å². The highest BCUT2D eigenvalue weighted by Gasteiger charge is 2.19. The maximum Gasteiger partial charge on any atom is 0.260 e. The van der Waals surface area contributed by atoms with Gasteiger partial charge >= 0.3 is 0 Å². The fraction of sp³-hybridized carbons (Fsp3) is 0.0625. The van der Waals surface area contributed by atoms with Crippen LogP contribution in [-0.4, -0.2) is 31.8 Å². The molecule has 0 saturated carbocycles. The Kier molecular flexibility index (Phi) is 6.64. The van der Waals surface area contributed by atoms with Crippen molar-refractivity contribution in [3.8, 4) is 22.8 Å². The van der Waals surface area contributed by atoms with E-state index in [1.54, 1.807) is 30.3 Å². The third kappa shape index (κ3) is 5.10. The average Bonchev–Trinajstić information content (AvgIpc) is 3.61. The smallest absolute Gasteiger partial charge is 0.260 e. The number of rotatable bonds is 7. The third-order valence-electron chi connectivity index (χ3n) is 6.51. The Balaban J connectivity index is 1.12. The number of benzene rings is 4. The van der Waals surface area contributed by atoms with Crippen LogP contribution >= 0.6 is 0 Å². The minimum Gasteiger partial charge on any atom is -0.338 e. The number of aromatic nitrogens is 4. The van der Waals surface area contributed by atoms with Gasteiger partial charge in [0.2, 0.25) is 0 Å². The van der Waals surface area contributed by atoms with Crippen LogP contribution in [0.15, 0.2) is 109 Å². The van der Waals surface area contributed by atoms with Crippen LogP contribution in [-0.2, 0) is 9.59 Å². The zero-order valence-corrected chi connectivity index (χ0v) is 21.7. The molecule has 2 amide bonds. The van der Waals surface area contributed by atoms with Gasteiger partial charge in [-0.25, -0.2) is 9.97 Å². The molecule has 0 aliphatic rings. The van der Waals surface area contributed by atoms with Crippen molar-refractivity contribution in [2.75, 3.05) is 10.6 Å². The second-order valence-electron chi connectivity index (χ2n) is 9.29. The number of para-hydroxylation sites is 4. The maximum atomic E-state index is 13.1. The molecule has 0 saturated heterocycles. The quantitative estimate of drug-likeness (QED) is 0.105. The van der Waals surface area contributed by atoms with E-state index in [9.17, 15) is 9.59 Å². The largest absolute Gasteiger partial charge is 0.338 e. The lowest BCUT2D eigenvalue weighted by Gasteiger charge is -2.11. The van der Waals surface area contributed by atoms with Crippen LogP contribution in [0.5, 0.6) is 0 Å². The van der Waals surface area contributed by atoms with E-state index < -0.39 is 11.8 Å². The molecule has 8 nitrogen and oxygen atoms in total. The van der Waals surface area contributed by atoms with Gasteiger partial charge in [-0.05, 0) is 79.2 Å². The number of imidazole rings is 2. The molecular weight excluding hydrogens is 500 g/mol. The van der Waals surface area contributed by atoms with Crippen LogP contribution in [0.4, 0.5) is 11.4 Å². The second-order valence-corrected chi connectivity index (χ2v) is 9.29. The average molecular weight is 527 g/mol. The number of anilines is 2. The van der Waals surface area contributed by atoms with Crippen LogP contribution in [0.1, 0.15) is 13.3 Å². The lowest BCUT2D eigenvalue weighted by Crippen LogP contribution is -2.25. The van der Waals surface area contributed by atoms with Gasteiger partial charge in [-0.15, -0.1) is 0 Å². The van der Waals surface area contributed by atoms with Crippen LogP contribution in [0.2, 0.25) is 0 Å². The first-order valence-electron chi connectivity index (χ1n) is 13.0. The molecule has 4 N–H and O–H groups in total. The monoisotopic (exact) mass is 526 g/mol. The van der Waals surface area contributed by atoms with Crippen molar-refractivity contribution in [2.24, 2.45) is 0 Å². The van der Waals surface area contributed by atoms with E-state index in [0.29, 0.717) is 17.8 Å². The summed E-state index contributed by atoms with van der Waals surface area (Å²) in [6.45, 7) is 1.88. The second kappa shape index (κ2) is 10.7. The summed E-state index contributed by atoms with van der Waals surface area (Å²) in [5.41, 5.74) is 6.68. The summed E-state index contributed by atoms with van der Waals surface area (Å²) in [6.07, 6.45) is 2.16. The van der Waals surface area contributed by atoms with E-state index in [2.05, 4.69) is 30.6 Å². The minimum absolute atomic E-state index is 0.0465. The van der Waals surface area contributed by atoms with E-state index in [1.807, 2.05) is 79.7 Å². The summed E-state index contributed by atoms with van der Waals surface area (Å²) in [7, 11) is 0. The van der Waals surface area contributed by atoms with Crippen LogP contribution in [0.3, 0.4) is 0 Å². The van der Waals surface area contributed by atoms with E-state index >= 15 is 0 Å². The van der Waals surface area contributed by atoms with Gasteiger partial charge in [-0.1, -0.05) is 37.3 Å². The van der Waals surface area contributed by atoms with Gasteiger partial charge in [0.15, 0.2) is 0 Å². The van der Waals surface area contributed by atoms with E-state index in [1.165, 1.54) is 0 Å². The molecule has 6 aromatic rings. The molecule has 40 heavy (non-hydrogen) atoms. The number of nitrogens with one attached hydrogen (secondary N) is 4. The molecule has 0 aliphatic carbocycles. The fourth-order valence-corrected chi connectivity index (χ4v) is 4.49. The Morgan fingerprint density at radius 3 is 1.48 bits per heavy atom. The molecule has 4 aromatic carbocycles. The van der Waals surface area contributed by atoms with E-state index in [4.69, 9.17) is 0 Å². The summed E-state index contributed by atoms with van der Waals surface area (Å²) in [6, 6.07) is 30.3. The first-order chi connectivity index (χ1) is 19.6.